The summed E-state index contributed by atoms with van der Waals surface area (Å²) in [5, 5.41) is 10.5. The number of carbonyl (C=O) groups excluding carboxylic acids is 1. The lowest BCUT2D eigenvalue weighted by molar-refractivity contribution is -0.545. The number of aromatic nitrogens is 3. The third kappa shape index (κ3) is 12.4. The number of nitrogens with two attached hydrogens (primary N) is 2. The number of amides is 1. The number of hydrogen-bond acceptors (Lipinski definition) is 12. The Morgan fingerprint density at radius 1 is 0.843 bits per heavy atom. The molecule has 0 radical (unpaired) electrons. The van der Waals surface area contributed by atoms with Crippen molar-refractivity contribution in [2.45, 2.75) is 12.7 Å². The zero-order valence-corrected chi connectivity index (χ0v) is 27.0. The number of nitrogens with zero attached hydrogens (tertiary/aromatic N) is 6. The minimum absolute atomic E-state index is 0.00624. The minimum atomic E-state index is -5.06. The van der Waals surface area contributed by atoms with Gasteiger partial charge in [0.05, 0.1) is 36.4 Å². The smallest absolute Gasteiger partial charge is 0.492 e. The van der Waals surface area contributed by atoms with Crippen LogP contribution in [-0.2, 0) is 14.6 Å². The second-order valence-electron chi connectivity index (χ2n) is 10.5. The van der Waals surface area contributed by atoms with E-state index < -0.39 is 18.8 Å². The molecule has 14 nitrogen and oxygen atoms in total. The standard InChI is InChI=1S/C31H32F6N8O6/c1-42(29(46)49-30(32,33)34)15-17-47-26-13-9-24(10-14-26)45-20-28(40-41-45)22-5-3-21(4-6-22)27(38)19-44(39)23-7-11-25(12-8-23)48-18-16-43(2)51-50-31(35,36)37/h3-14,19-20H,15-18,38-39H2,1-2H3/b27-19-. The van der Waals surface area contributed by atoms with Gasteiger partial charge in [-0.3, -0.25) is 5.01 Å². The largest absolute Gasteiger partial charge is 0.576 e. The maximum absolute atomic E-state index is 12.2. The Hall–Kier alpha value is -5.57. The number of hydrogen-bond donors (Lipinski definition) is 2. The number of rotatable bonds is 15. The van der Waals surface area contributed by atoms with Crippen LogP contribution in [0, 0.1) is 0 Å². The van der Waals surface area contributed by atoms with E-state index in [-0.39, 0.29) is 26.3 Å². The molecule has 274 valence electrons. The highest BCUT2D eigenvalue weighted by Crippen LogP contribution is 2.24. The molecule has 0 aliphatic carbocycles. The van der Waals surface area contributed by atoms with Gasteiger partial charge in [0.15, 0.2) is 0 Å². The van der Waals surface area contributed by atoms with Crippen LogP contribution >= 0.6 is 0 Å². The molecule has 4 N–H and O–H groups in total. The Morgan fingerprint density at radius 3 is 2.02 bits per heavy atom. The van der Waals surface area contributed by atoms with E-state index in [2.05, 4.69) is 24.9 Å². The molecular formula is C31H32F6N8O6. The molecule has 0 saturated carbocycles. The van der Waals surface area contributed by atoms with E-state index in [1.165, 1.54) is 18.3 Å². The zero-order chi connectivity index (χ0) is 37.2. The fourth-order valence-corrected chi connectivity index (χ4v) is 4.07. The van der Waals surface area contributed by atoms with E-state index in [4.69, 9.17) is 21.1 Å². The second kappa shape index (κ2) is 16.9. The van der Waals surface area contributed by atoms with Gasteiger partial charge in [-0.1, -0.05) is 29.5 Å². The average Bonchev–Trinajstić information content (AvgIpc) is 3.57. The molecule has 1 amide bonds. The number of hydroxylamine groups is 2. The normalized spacial score (nSPS) is 12.2. The molecule has 20 heteroatoms. The molecule has 0 aliphatic rings. The van der Waals surface area contributed by atoms with Crippen molar-refractivity contribution in [2.24, 2.45) is 11.6 Å². The summed E-state index contributed by atoms with van der Waals surface area (Å²) in [5.41, 5.74) is 9.91. The van der Waals surface area contributed by atoms with Gasteiger partial charge in [0.2, 0.25) is 0 Å². The first-order chi connectivity index (χ1) is 24.1. The Balaban J connectivity index is 1.26. The summed E-state index contributed by atoms with van der Waals surface area (Å²) in [4.78, 5) is 19.5. The van der Waals surface area contributed by atoms with Crippen molar-refractivity contribution in [3.63, 3.8) is 0 Å². The summed E-state index contributed by atoms with van der Waals surface area (Å²) in [5.74, 6) is 7.05. The summed E-state index contributed by atoms with van der Waals surface area (Å²) in [7, 11) is 2.42. The van der Waals surface area contributed by atoms with Crippen molar-refractivity contribution in [1.82, 2.24) is 25.0 Å². The van der Waals surface area contributed by atoms with Gasteiger partial charge in [-0.05, 0) is 54.1 Å². The second-order valence-corrected chi connectivity index (χ2v) is 10.5. The zero-order valence-electron chi connectivity index (χ0n) is 27.0. The molecule has 0 unspecified atom stereocenters. The van der Waals surface area contributed by atoms with E-state index in [0.717, 1.165) is 22.6 Å². The SMILES string of the molecule is CN(CCOc1ccc(N(N)/C=C(\N)c2ccc(-c3cn(-c4ccc(OCCN(C)C(=O)OC(F)(F)F)cc4)nn3)cc2)cc1)OOC(F)(F)F. The van der Waals surface area contributed by atoms with E-state index >= 15 is 0 Å². The summed E-state index contributed by atoms with van der Waals surface area (Å²) in [6, 6.07) is 20.5. The molecule has 1 aromatic heterocycles. The summed E-state index contributed by atoms with van der Waals surface area (Å²) in [6.45, 7) is -0.175. The first-order valence-electron chi connectivity index (χ1n) is 14.7. The highest BCUT2D eigenvalue weighted by Gasteiger charge is 2.35. The van der Waals surface area contributed by atoms with Gasteiger partial charge in [-0.2, -0.15) is 5.06 Å². The van der Waals surface area contributed by atoms with Gasteiger partial charge in [0.25, 0.3) is 0 Å². The van der Waals surface area contributed by atoms with Crippen LogP contribution in [0.5, 0.6) is 11.5 Å². The van der Waals surface area contributed by atoms with E-state index in [0.29, 0.717) is 39.8 Å². The van der Waals surface area contributed by atoms with Crippen molar-refractivity contribution < 1.29 is 55.2 Å². The summed E-state index contributed by atoms with van der Waals surface area (Å²) < 4.78 is 88.5. The molecule has 1 heterocycles. The maximum Gasteiger partial charge on any atom is 0.576 e. The lowest BCUT2D eigenvalue weighted by atomic mass is 10.1. The monoisotopic (exact) mass is 726 g/mol. The number of anilines is 1. The van der Waals surface area contributed by atoms with E-state index in [1.807, 2.05) is 12.1 Å². The lowest BCUT2D eigenvalue weighted by Gasteiger charge is -2.18. The first kappa shape index (κ1) is 38.2. The van der Waals surface area contributed by atoms with Crippen LogP contribution < -0.4 is 26.1 Å². The molecule has 4 rings (SSSR count). The number of ether oxygens (including phenoxy) is 3. The first-order valence-corrected chi connectivity index (χ1v) is 14.7. The Labute approximate surface area is 286 Å². The van der Waals surface area contributed by atoms with Gasteiger partial charge in [0, 0.05) is 25.9 Å². The van der Waals surface area contributed by atoms with E-state index in [9.17, 15) is 31.1 Å². The van der Waals surface area contributed by atoms with Crippen LogP contribution in [0.2, 0.25) is 0 Å². The van der Waals surface area contributed by atoms with Crippen molar-refractivity contribution in [3.05, 3.63) is 90.8 Å². The molecule has 0 spiro atoms. The predicted octanol–water partition coefficient (Wildman–Crippen LogP) is 5.23. The molecule has 4 aromatic rings. The van der Waals surface area contributed by atoms with Gasteiger partial charge >= 0.3 is 18.8 Å². The highest BCUT2D eigenvalue weighted by molar-refractivity contribution is 5.69. The topological polar surface area (TPSA) is 156 Å². The van der Waals surface area contributed by atoms with Gasteiger partial charge < -0.3 is 24.8 Å². The third-order valence-electron chi connectivity index (χ3n) is 6.67. The van der Waals surface area contributed by atoms with Crippen molar-refractivity contribution >= 4 is 17.5 Å². The summed E-state index contributed by atoms with van der Waals surface area (Å²) in [6.07, 6.45) is -8.26. The number of carbonyl (C=O) groups is 1. The van der Waals surface area contributed by atoms with Gasteiger partial charge in [0.1, 0.15) is 30.4 Å². The lowest BCUT2D eigenvalue weighted by Crippen LogP contribution is -2.35. The molecule has 0 saturated heterocycles. The van der Waals surface area contributed by atoms with Crippen molar-refractivity contribution in [1.29, 1.82) is 0 Å². The number of halogens is 6. The van der Waals surface area contributed by atoms with Crippen LogP contribution in [0.4, 0.5) is 36.8 Å². The maximum atomic E-state index is 12.2. The van der Waals surface area contributed by atoms with Crippen molar-refractivity contribution in [3.8, 4) is 28.4 Å². The third-order valence-corrected chi connectivity index (χ3v) is 6.67. The fourth-order valence-electron chi connectivity index (χ4n) is 4.07. The van der Waals surface area contributed by atoms with Crippen LogP contribution in [0.1, 0.15) is 5.56 Å². The molecule has 0 fully saturated rings. The van der Waals surface area contributed by atoms with E-state index in [1.54, 1.807) is 71.5 Å². The Morgan fingerprint density at radius 2 is 1.43 bits per heavy atom. The highest BCUT2D eigenvalue weighted by atomic mass is 19.4. The predicted molar refractivity (Wildman–Crippen MR) is 169 cm³/mol. The Bertz CT molecular complexity index is 1740. The molecule has 51 heavy (non-hydrogen) atoms. The molecule has 0 aliphatic heterocycles. The van der Waals surface area contributed by atoms with Crippen LogP contribution in [0.25, 0.3) is 22.6 Å². The number of alkyl halides is 6. The molecule has 0 atom stereocenters. The number of likely N-dealkylation sites (N-methyl/N-ethyl adjacent to an activating group) is 2. The quantitative estimate of drug-likeness (QED) is 0.0713. The Kier molecular flexibility index (Phi) is 12.7. The molecule has 3 aromatic carbocycles. The molecule has 0 bridgehead atoms. The minimum Gasteiger partial charge on any atom is -0.492 e. The fraction of sp³-hybridized carbons (Fsp3) is 0.258. The van der Waals surface area contributed by atoms with Gasteiger partial charge in [-0.25, -0.2) is 15.3 Å². The summed E-state index contributed by atoms with van der Waals surface area (Å²) >= 11 is 0. The van der Waals surface area contributed by atoms with Gasteiger partial charge in [-0.15, -0.1) is 41.3 Å². The van der Waals surface area contributed by atoms with Crippen molar-refractivity contribution in [2.75, 3.05) is 45.4 Å². The number of hydrazine groups is 1. The van der Waals surface area contributed by atoms with Crippen LogP contribution in [-0.4, -0.2) is 84.2 Å². The molecular weight excluding hydrogens is 694 g/mol. The average molecular weight is 727 g/mol. The van der Waals surface area contributed by atoms with Crippen LogP contribution in [0.15, 0.2) is 85.2 Å². The van der Waals surface area contributed by atoms with Crippen LogP contribution in [0.3, 0.4) is 0 Å². The number of benzene rings is 3.